The molecule has 92 valence electrons. The van der Waals surface area contributed by atoms with Gasteiger partial charge in [-0.05, 0) is 25.5 Å². The molecule has 0 aliphatic carbocycles. The first-order chi connectivity index (χ1) is 8.05. The summed E-state index contributed by atoms with van der Waals surface area (Å²) in [7, 11) is 0. The molecule has 17 heavy (non-hydrogen) atoms. The number of aromatic nitrogens is 1. The lowest BCUT2D eigenvalue weighted by molar-refractivity contribution is -0.125. The Labute approximate surface area is 100.0 Å². The van der Waals surface area contributed by atoms with Crippen molar-refractivity contribution in [3.05, 3.63) is 18.2 Å². The van der Waals surface area contributed by atoms with E-state index in [2.05, 4.69) is 10.4 Å². The molecule has 2 heterocycles. The maximum atomic E-state index is 11.4. The number of nitrogen functional groups attached to an aromatic ring is 1. The van der Waals surface area contributed by atoms with E-state index < -0.39 is 5.41 Å². The zero-order chi connectivity index (χ0) is 12.5. The number of pyridine rings is 1. The first-order valence-corrected chi connectivity index (χ1v) is 5.54. The van der Waals surface area contributed by atoms with Gasteiger partial charge in [0.05, 0.1) is 5.41 Å². The molecule has 1 aromatic rings. The van der Waals surface area contributed by atoms with E-state index in [4.69, 9.17) is 11.6 Å². The van der Waals surface area contributed by atoms with Gasteiger partial charge in [-0.3, -0.25) is 4.79 Å². The van der Waals surface area contributed by atoms with Crippen LogP contribution in [-0.2, 0) is 4.79 Å². The predicted molar refractivity (Wildman–Crippen MR) is 66.2 cm³/mol. The fourth-order valence-corrected chi connectivity index (χ4v) is 2.04. The van der Waals surface area contributed by atoms with Gasteiger partial charge >= 0.3 is 0 Å². The van der Waals surface area contributed by atoms with Gasteiger partial charge in [0.2, 0.25) is 5.91 Å². The Balaban J connectivity index is 2.17. The molecule has 0 spiro atoms. The normalized spacial score (nSPS) is 23.8. The number of nitrogens with zero attached hydrogens (tertiary/aromatic N) is 2. The fraction of sp³-hybridized carbons (Fsp3) is 0.455. The zero-order valence-electron chi connectivity index (χ0n) is 9.81. The number of carbonyl (C=O) groups excluding carboxylic acids is 1. The minimum atomic E-state index is -0.464. The lowest BCUT2D eigenvalue weighted by Gasteiger charge is -2.21. The number of primary amides is 1. The van der Waals surface area contributed by atoms with E-state index in [1.165, 1.54) is 0 Å². The summed E-state index contributed by atoms with van der Waals surface area (Å²) in [5.41, 5.74) is 7.45. The van der Waals surface area contributed by atoms with Gasteiger partial charge in [-0.1, -0.05) is 6.07 Å². The molecule has 1 fully saturated rings. The zero-order valence-corrected chi connectivity index (χ0v) is 9.81. The average Bonchev–Trinajstić information content (AvgIpc) is 2.74. The van der Waals surface area contributed by atoms with Crippen molar-refractivity contribution in [1.82, 2.24) is 4.98 Å². The molecule has 0 radical (unpaired) electrons. The van der Waals surface area contributed by atoms with E-state index in [0.29, 0.717) is 12.4 Å². The van der Waals surface area contributed by atoms with Gasteiger partial charge in [0.15, 0.2) is 0 Å². The third-order valence-electron chi connectivity index (χ3n) is 3.27. The Kier molecular flexibility index (Phi) is 2.89. The van der Waals surface area contributed by atoms with Crippen LogP contribution in [0.4, 0.5) is 11.6 Å². The monoisotopic (exact) mass is 235 g/mol. The van der Waals surface area contributed by atoms with Crippen molar-refractivity contribution < 1.29 is 4.79 Å². The van der Waals surface area contributed by atoms with Gasteiger partial charge in [0.1, 0.15) is 11.6 Å². The highest BCUT2D eigenvalue weighted by Crippen LogP contribution is 2.32. The molecule has 0 saturated carbocycles. The smallest absolute Gasteiger partial charge is 0.225 e. The van der Waals surface area contributed by atoms with Crippen molar-refractivity contribution in [3.63, 3.8) is 0 Å². The Hall–Kier alpha value is -1.82. The topological polar surface area (TPSA) is 97.3 Å². The van der Waals surface area contributed by atoms with Crippen LogP contribution in [-0.4, -0.2) is 24.0 Å². The number of nitrogens with one attached hydrogen (secondary N) is 1. The van der Waals surface area contributed by atoms with E-state index in [9.17, 15) is 4.79 Å². The summed E-state index contributed by atoms with van der Waals surface area (Å²) in [4.78, 5) is 17.7. The Bertz CT molecular complexity index is 436. The summed E-state index contributed by atoms with van der Waals surface area (Å²) < 4.78 is 0. The van der Waals surface area contributed by atoms with E-state index in [0.717, 1.165) is 18.8 Å². The number of amides is 1. The number of carbonyl (C=O) groups is 1. The fourth-order valence-electron chi connectivity index (χ4n) is 2.04. The van der Waals surface area contributed by atoms with Crippen LogP contribution in [0, 0.1) is 5.41 Å². The van der Waals surface area contributed by atoms with Crippen molar-refractivity contribution >= 4 is 17.5 Å². The minimum absolute atomic E-state index is 0.256. The summed E-state index contributed by atoms with van der Waals surface area (Å²) in [6.07, 6.45) is 0.754. The third-order valence-corrected chi connectivity index (χ3v) is 3.27. The van der Waals surface area contributed by atoms with Crippen LogP contribution < -0.4 is 21.9 Å². The first-order valence-electron chi connectivity index (χ1n) is 5.54. The molecule has 0 bridgehead atoms. The quantitative estimate of drug-likeness (QED) is 0.509. The average molecular weight is 235 g/mol. The van der Waals surface area contributed by atoms with Crippen molar-refractivity contribution in [2.75, 3.05) is 23.4 Å². The molecule has 1 aliphatic rings. The van der Waals surface area contributed by atoms with Crippen LogP contribution in [0.1, 0.15) is 13.3 Å². The molecule has 1 atom stereocenters. The van der Waals surface area contributed by atoms with Gasteiger partial charge in [-0.25, -0.2) is 10.8 Å². The molecule has 2 rings (SSSR count). The first kappa shape index (κ1) is 11.7. The second-order valence-corrected chi connectivity index (χ2v) is 4.62. The number of hydrogen-bond donors (Lipinski definition) is 3. The maximum Gasteiger partial charge on any atom is 0.225 e. The highest BCUT2D eigenvalue weighted by atomic mass is 16.1. The van der Waals surface area contributed by atoms with Crippen LogP contribution in [0.3, 0.4) is 0 Å². The molecule has 1 saturated heterocycles. The summed E-state index contributed by atoms with van der Waals surface area (Å²) in [6.45, 7) is 3.27. The molecule has 0 aromatic carbocycles. The van der Waals surface area contributed by atoms with Gasteiger partial charge in [-0.2, -0.15) is 0 Å². The van der Waals surface area contributed by atoms with Crippen LogP contribution in [0.25, 0.3) is 0 Å². The van der Waals surface area contributed by atoms with Crippen LogP contribution in [0.2, 0.25) is 0 Å². The predicted octanol–water partition coefficient (Wildman–Crippen LogP) is 0.0689. The number of rotatable bonds is 3. The molecule has 1 unspecified atom stereocenters. The molecule has 6 nitrogen and oxygen atoms in total. The molecule has 5 N–H and O–H groups in total. The number of hydrazine groups is 1. The van der Waals surface area contributed by atoms with E-state index in [-0.39, 0.29) is 5.91 Å². The Morgan fingerprint density at radius 3 is 2.94 bits per heavy atom. The second-order valence-electron chi connectivity index (χ2n) is 4.62. The highest BCUT2D eigenvalue weighted by Gasteiger charge is 2.39. The molecule has 1 aliphatic heterocycles. The SMILES string of the molecule is CC1(C(N)=O)CCN(c2cccc(NN)n2)C1. The standard InChI is InChI=1S/C11H17N5O/c1-11(10(12)17)5-6-16(7-11)9-4-2-3-8(14-9)15-13/h2-4H,5-7,13H2,1H3,(H2,12,17)(H,14,15). The molecule has 6 heteroatoms. The Morgan fingerprint density at radius 1 is 1.59 bits per heavy atom. The van der Waals surface area contributed by atoms with Crippen molar-refractivity contribution in [2.24, 2.45) is 17.0 Å². The van der Waals surface area contributed by atoms with Crippen LogP contribution in [0.15, 0.2) is 18.2 Å². The second kappa shape index (κ2) is 4.21. The van der Waals surface area contributed by atoms with E-state index >= 15 is 0 Å². The minimum Gasteiger partial charge on any atom is -0.369 e. The lowest BCUT2D eigenvalue weighted by Crippen LogP contribution is -2.37. The van der Waals surface area contributed by atoms with Gasteiger partial charge in [0.25, 0.3) is 0 Å². The molecule has 1 amide bonds. The third kappa shape index (κ3) is 2.16. The van der Waals surface area contributed by atoms with Gasteiger partial charge in [-0.15, -0.1) is 0 Å². The van der Waals surface area contributed by atoms with Gasteiger partial charge in [0, 0.05) is 13.1 Å². The molecule has 1 aromatic heterocycles. The summed E-state index contributed by atoms with van der Waals surface area (Å²) in [5, 5.41) is 0. The number of anilines is 2. The van der Waals surface area contributed by atoms with Gasteiger partial charge < -0.3 is 16.1 Å². The molecular weight excluding hydrogens is 218 g/mol. The number of hydrogen-bond acceptors (Lipinski definition) is 5. The van der Waals surface area contributed by atoms with Crippen molar-refractivity contribution in [1.29, 1.82) is 0 Å². The summed E-state index contributed by atoms with van der Waals surface area (Å²) in [5.74, 6) is 6.47. The summed E-state index contributed by atoms with van der Waals surface area (Å²) >= 11 is 0. The van der Waals surface area contributed by atoms with Crippen LogP contribution >= 0.6 is 0 Å². The maximum absolute atomic E-state index is 11.4. The van der Waals surface area contributed by atoms with Crippen molar-refractivity contribution in [3.8, 4) is 0 Å². The number of nitrogens with two attached hydrogens (primary N) is 2. The van der Waals surface area contributed by atoms with Crippen LogP contribution in [0.5, 0.6) is 0 Å². The largest absolute Gasteiger partial charge is 0.369 e. The van der Waals surface area contributed by atoms with E-state index in [1.807, 2.05) is 24.0 Å². The van der Waals surface area contributed by atoms with Crippen molar-refractivity contribution in [2.45, 2.75) is 13.3 Å². The van der Waals surface area contributed by atoms with E-state index in [1.54, 1.807) is 6.07 Å². The summed E-state index contributed by atoms with van der Waals surface area (Å²) in [6, 6.07) is 5.55. The highest BCUT2D eigenvalue weighted by molar-refractivity contribution is 5.82. The Morgan fingerprint density at radius 2 is 2.35 bits per heavy atom. The molecular formula is C11H17N5O. The lowest BCUT2D eigenvalue weighted by atomic mass is 9.89.